The van der Waals surface area contributed by atoms with Crippen molar-refractivity contribution in [3.63, 3.8) is 0 Å². The van der Waals surface area contributed by atoms with E-state index in [1.165, 1.54) is 22.3 Å². The number of nitrogens with one attached hydrogen (secondary N) is 4. The smallest absolute Gasteiger partial charge is 0.271 e. The molecule has 2 aromatic carbocycles. The van der Waals surface area contributed by atoms with Gasteiger partial charge in [-0.15, -0.1) is 0 Å². The zero-order chi connectivity index (χ0) is 49.3. The second-order valence-electron chi connectivity index (χ2n) is 21.3. The van der Waals surface area contributed by atoms with E-state index in [9.17, 15) is 29.4 Å². The monoisotopic (exact) mass is 981 g/mol. The van der Waals surface area contributed by atoms with Crippen molar-refractivity contribution in [1.82, 2.24) is 59.8 Å². The van der Waals surface area contributed by atoms with Gasteiger partial charge in [-0.2, -0.15) is 0 Å². The van der Waals surface area contributed by atoms with Gasteiger partial charge in [-0.05, 0) is 77.3 Å². The number of carbonyl (C=O) groups is 4. The van der Waals surface area contributed by atoms with Gasteiger partial charge in [0.1, 0.15) is 22.9 Å². The molecule has 72 heavy (non-hydrogen) atoms. The van der Waals surface area contributed by atoms with Crippen molar-refractivity contribution in [3.05, 3.63) is 124 Å². The molecule has 18 nitrogen and oxygen atoms in total. The number of aliphatic hydroxyl groups excluding tert-OH is 2. The molecule has 5 aromatic rings. The lowest BCUT2D eigenvalue weighted by Crippen LogP contribution is -2.42. The Labute approximate surface area is 420 Å². The first-order valence-electron chi connectivity index (χ1n) is 26.1. The van der Waals surface area contributed by atoms with Crippen LogP contribution in [0.25, 0.3) is 5.65 Å². The van der Waals surface area contributed by atoms with E-state index in [-0.39, 0.29) is 48.3 Å². The summed E-state index contributed by atoms with van der Waals surface area (Å²) in [5.41, 5.74) is 7.18. The minimum atomic E-state index is -0.671. The van der Waals surface area contributed by atoms with Gasteiger partial charge in [-0.25, -0.2) is 9.97 Å². The van der Waals surface area contributed by atoms with Crippen LogP contribution in [0.5, 0.6) is 0 Å². The number of hydrogen-bond acceptors (Lipinski definition) is 12. The maximum Gasteiger partial charge on any atom is 0.271 e. The number of aliphatic hydroxyl groups is 2. The van der Waals surface area contributed by atoms with Crippen LogP contribution in [-0.2, 0) is 43.7 Å². The van der Waals surface area contributed by atoms with Crippen molar-refractivity contribution in [2.75, 3.05) is 91.6 Å². The van der Waals surface area contributed by atoms with Gasteiger partial charge < -0.3 is 50.2 Å². The molecule has 7 aliphatic rings. The summed E-state index contributed by atoms with van der Waals surface area (Å²) in [6, 6.07) is 20.4. The van der Waals surface area contributed by atoms with E-state index in [4.69, 9.17) is 0 Å². The van der Waals surface area contributed by atoms with Gasteiger partial charge in [0.05, 0.1) is 23.7 Å². The lowest BCUT2D eigenvalue weighted by atomic mass is 9.98. The SMILES string of the molecule is O=C(NC[C@@H](O)CN1CCc2ccccc2C1)c1cn2c(n1)CCC(C(=O)N1CC3CNCC3C1)C2.O=C(NC[C@@H](O)CN1CCc2ccccc2C1)c1cn2cc(C(=O)N3CC4CNCC4C3)ccc2n1. The number of aromatic nitrogens is 4. The van der Waals surface area contributed by atoms with Gasteiger partial charge in [0.15, 0.2) is 0 Å². The molecule has 4 amide bonds. The summed E-state index contributed by atoms with van der Waals surface area (Å²) in [5.74, 6) is 2.75. The standard InChI is InChI=1S/C27H36N6O3.C27H32N6O3/c2*34-23(16-31-8-7-18-3-1-2-4-19(18)12-31)11-29-26(35)24-17-32-13-20(5-6-25(32)30-24)27(36)33-14-21-9-28-10-22(21)15-33/h1-4,17,20-23,28,34H,5-16H2,(H,29,35);1-6,13,17,21-23,28,34H,7-12,14-16H2,(H,29,35)/t20?,21?,22?,23-;21?,22?,23-/m11/s1. The Bertz CT molecular complexity index is 2770. The van der Waals surface area contributed by atoms with Gasteiger partial charge in [-0.3, -0.25) is 29.0 Å². The van der Waals surface area contributed by atoms with Crippen molar-refractivity contribution in [3.8, 4) is 0 Å². The first kappa shape index (κ1) is 48.3. The second-order valence-corrected chi connectivity index (χ2v) is 21.3. The maximum atomic E-state index is 13.2. The third-order valence-electron chi connectivity index (χ3n) is 16.2. The Balaban J connectivity index is 0.000000156. The molecule has 4 fully saturated rings. The molecular weight excluding hydrogens is 913 g/mol. The van der Waals surface area contributed by atoms with E-state index in [2.05, 4.69) is 88.4 Å². The molecule has 3 aromatic heterocycles. The summed E-state index contributed by atoms with van der Waals surface area (Å²) in [6.45, 7) is 12.7. The number of likely N-dealkylation sites (tertiary alicyclic amines) is 2. The molecule has 380 valence electrons. The number of pyridine rings is 1. The fourth-order valence-corrected chi connectivity index (χ4v) is 12.2. The van der Waals surface area contributed by atoms with Gasteiger partial charge in [0, 0.05) is 136 Å². The average Bonchev–Trinajstić information content (AvgIpc) is 4.27. The topological polar surface area (TPSA) is 205 Å². The first-order chi connectivity index (χ1) is 35.1. The number of imidazole rings is 2. The van der Waals surface area contributed by atoms with E-state index in [0.29, 0.717) is 66.6 Å². The normalized spacial score (nSPS) is 24.3. The maximum absolute atomic E-state index is 13.2. The van der Waals surface area contributed by atoms with Crippen LogP contribution in [0.2, 0.25) is 0 Å². The van der Waals surface area contributed by atoms with E-state index >= 15 is 0 Å². The molecule has 4 saturated heterocycles. The third kappa shape index (κ3) is 10.7. The Kier molecular flexibility index (Phi) is 14.2. The van der Waals surface area contributed by atoms with Crippen LogP contribution in [-0.4, -0.2) is 176 Å². The second kappa shape index (κ2) is 21.2. The number of nitrogens with zero attached hydrogens (tertiary/aromatic N) is 8. The minimum absolute atomic E-state index is 0.0226. The average molecular weight is 981 g/mol. The molecule has 7 aliphatic heterocycles. The fourth-order valence-electron chi connectivity index (χ4n) is 12.2. The lowest BCUT2D eigenvalue weighted by Gasteiger charge is -2.30. The van der Waals surface area contributed by atoms with Crippen LogP contribution < -0.4 is 21.3 Å². The fraction of sp³-hybridized carbons (Fsp3) is 0.519. The first-order valence-corrected chi connectivity index (χ1v) is 26.1. The molecule has 0 spiro atoms. The predicted octanol–water partition coefficient (Wildman–Crippen LogP) is 1.05. The summed E-state index contributed by atoms with van der Waals surface area (Å²) in [6.07, 6.45) is 7.26. The number of carbonyl (C=O) groups excluding carboxylic acids is 4. The van der Waals surface area contributed by atoms with Gasteiger partial charge >= 0.3 is 0 Å². The van der Waals surface area contributed by atoms with E-state index < -0.39 is 12.2 Å². The van der Waals surface area contributed by atoms with Crippen LogP contribution in [0.4, 0.5) is 0 Å². The summed E-state index contributed by atoms with van der Waals surface area (Å²) in [4.78, 5) is 69.0. The lowest BCUT2D eigenvalue weighted by molar-refractivity contribution is -0.135. The van der Waals surface area contributed by atoms with Crippen molar-refractivity contribution < 1.29 is 29.4 Å². The van der Waals surface area contributed by atoms with Crippen LogP contribution in [0, 0.1) is 29.6 Å². The van der Waals surface area contributed by atoms with E-state index in [0.717, 1.165) is 104 Å². The zero-order valence-electron chi connectivity index (χ0n) is 41.0. The Morgan fingerprint density at radius 2 is 1.14 bits per heavy atom. The summed E-state index contributed by atoms with van der Waals surface area (Å²) < 4.78 is 3.70. The number of aryl methyl sites for hydroxylation is 1. The number of hydrogen-bond donors (Lipinski definition) is 6. The molecule has 7 atom stereocenters. The Morgan fingerprint density at radius 1 is 0.611 bits per heavy atom. The van der Waals surface area contributed by atoms with Crippen molar-refractivity contribution in [2.45, 2.75) is 57.5 Å². The highest BCUT2D eigenvalue weighted by Gasteiger charge is 2.41. The molecule has 0 bridgehead atoms. The summed E-state index contributed by atoms with van der Waals surface area (Å²) >= 11 is 0. The highest BCUT2D eigenvalue weighted by molar-refractivity contribution is 5.95. The quantitative estimate of drug-likeness (QED) is 0.104. The van der Waals surface area contributed by atoms with Crippen LogP contribution in [0.3, 0.4) is 0 Å². The predicted molar refractivity (Wildman–Crippen MR) is 269 cm³/mol. The van der Waals surface area contributed by atoms with Crippen molar-refractivity contribution in [2.24, 2.45) is 29.6 Å². The van der Waals surface area contributed by atoms with Crippen molar-refractivity contribution >= 4 is 29.3 Å². The van der Waals surface area contributed by atoms with Crippen LogP contribution in [0.1, 0.15) is 65.8 Å². The molecule has 6 N–H and O–H groups in total. The minimum Gasteiger partial charge on any atom is -0.390 e. The molecule has 0 radical (unpaired) electrons. The van der Waals surface area contributed by atoms with Crippen molar-refractivity contribution in [1.29, 1.82) is 0 Å². The highest BCUT2D eigenvalue weighted by Crippen LogP contribution is 2.31. The Hall–Kier alpha value is -6.02. The molecule has 10 heterocycles. The van der Waals surface area contributed by atoms with E-state index in [1.54, 1.807) is 35.1 Å². The van der Waals surface area contributed by atoms with Crippen LogP contribution in [0.15, 0.2) is 79.3 Å². The number of amides is 4. The summed E-state index contributed by atoms with van der Waals surface area (Å²) in [5, 5.41) is 33.5. The van der Waals surface area contributed by atoms with Gasteiger partial charge in [0.2, 0.25) is 5.91 Å². The molecule has 5 unspecified atom stereocenters. The summed E-state index contributed by atoms with van der Waals surface area (Å²) in [7, 11) is 0. The molecule has 0 aliphatic carbocycles. The van der Waals surface area contributed by atoms with Crippen LogP contribution >= 0.6 is 0 Å². The number of β-amino-alcohol motifs (C(OH)–C–C–N with tert-alkyl or cyclic N) is 2. The molecule has 0 saturated carbocycles. The largest absolute Gasteiger partial charge is 0.390 e. The van der Waals surface area contributed by atoms with Gasteiger partial charge in [0.25, 0.3) is 17.7 Å². The molecule has 18 heteroatoms. The molecular formula is C54H68N12O6. The zero-order valence-corrected chi connectivity index (χ0v) is 41.0. The van der Waals surface area contributed by atoms with E-state index in [1.807, 2.05) is 15.5 Å². The molecule has 12 rings (SSSR count). The number of benzene rings is 2. The third-order valence-corrected chi connectivity index (χ3v) is 16.2. The highest BCUT2D eigenvalue weighted by atomic mass is 16.3. The number of rotatable bonds is 12. The number of fused-ring (bicyclic) bond motifs is 6. The Morgan fingerprint density at radius 3 is 1.71 bits per heavy atom. The van der Waals surface area contributed by atoms with Gasteiger partial charge in [-0.1, -0.05) is 48.5 Å².